The molecule has 0 saturated heterocycles. The molecule has 1 heterocycles. The maximum atomic E-state index is 4.35. The monoisotopic (exact) mass is 368 g/mol. The predicted octanol–water partition coefficient (Wildman–Crippen LogP) is 4.46. The normalized spacial score (nSPS) is 12.4. The van der Waals surface area contributed by atoms with Crippen molar-refractivity contribution in [3.05, 3.63) is 62.8 Å². The molecule has 1 atom stereocenters. The molecule has 0 spiro atoms. The molecule has 94 valence electrons. The molecule has 0 saturated carbocycles. The van der Waals surface area contributed by atoms with Crippen molar-refractivity contribution in [1.82, 2.24) is 10.3 Å². The van der Waals surface area contributed by atoms with Crippen molar-refractivity contribution >= 4 is 31.9 Å². The average molecular weight is 370 g/mol. The second-order valence-corrected chi connectivity index (χ2v) is 5.86. The van der Waals surface area contributed by atoms with E-state index in [2.05, 4.69) is 67.3 Å². The lowest BCUT2D eigenvalue weighted by Crippen LogP contribution is -2.19. The first-order chi connectivity index (χ1) is 8.66. The number of aromatic nitrogens is 1. The fourth-order valence-corrected chi connectivity index (χ4v) is 2.57. The van der Waals surface area contributed by atoms with Gasteiger partial charge in [0.1, 0.15) is 0 Å². The average Bonchev–Trinajstić information content (AvgIpc) is 2.38. The highest BCUT2D eigenvalue weighted by atomic mass is 79.9. The molecule has 0 fully saturated rings. The third-order valence-corrected chi connectivity index (χ3v) is 3.94. The molecule has 0 radical (unpaired) electrons. The van der Waals surface area contributed by atoms with Crippen molar-refractivity contribution < 1.29 is 0 Å². The van der Waals surface area contributed by atoms with Gasteiger partial charge in [0, 0.05) is 27.7 Å². The zero-order valence-electron chi connectivity index (χ0n) is 10.0. The highest BCUT2D eigenvalue weighted by Crippen LogP contribution is 2.22. The van der Waals surface area contributed by atoms with E-state index in [1.54, 1.807) is 0 Å². The Morgan fingerprint density at radius 2 is 1.94 bits per heavy atom. The summed E-state index contributed by atoms with van der Waals surface area (Å²) in [4.78, 5) is 4.35. The van der Waals surface area contributed by atoms with E-state index in [9.17, 15) is 0 Å². The van der Waals surface area contributed by atoms with Crippen LogP contribution in [0, 0.1) is 0 Å². The topological polar surface area (TPSA) is 24.9 Å². The van der Waals surface area contributed by atoms with Gasteiger partial charge >= 0.3 is 0 Å². The van der Waals surface area contributed by atoms with Gasteiger partial charge in [-0.3, -0.25) is 4.98 Å². The molecule has 2 nitrogen and oxygen atoms in total. The van der Waals surface area contributed by atoms with Crippen LogP contribution in [0.2, 0.25) is 0 Å². The molecule has 0 aliphatic heterocycles. The largest absolute Gasteiger partial charge is 0.305 e. The molecule has 1 aromatic heterocycles. The number of nitrogens with zero attached hydrogens (tertiary/aromatic N) is 1. The van der Waals surface area contributed by atoms with Gasteiger partial charge in [0.15, 0.2) is 0 Å². The predicted molar refractivity (Wildman–Crippen MR) is 81.3 cm³/mol. The number of hydrogen-bond donors (Lipinski definition) is 1. The molecule has 0 aliphatic carbocycles. The van der Waals surface area contributed by atoms with E-state index < -0.39 is 0 Å². The molecule has 1 aromatic carbocycles. The SMILES string of the molecule is C[C@@H](NCc1ccc(Br)cn1)c1ccccc1Br. The summed E-state index contributed by atoms with van der Waals surface area (Å²) in [7, 11) is 0. The maximum absolute atomic E-state index is 4.35. The Morgan fingerprint density at radius 1 is 1.17 bits per heavy atom. The Hall–Kier alpha value is -0.710. The summed E-state index contributed by atoms with van der Waals surface area (Å²) in [5.41, 5.74) is 2.30. The fourth-order valence-electron chi connectivity index (χ4n) is 1.70. The van der Waals surface area contributed by atoms with E-state index in [1.807, 2.05) is 24.4 Å². The van der Waals surface area contributed by atoms with Crippen molar-refractivity contribution in [2.45, 2.75) is 19.5 Å². The van der Waals surface area contributed by atoms with Crippen LogP contribution >= 0.6 is 31.9 Å². The zero-order chi connectivity index (χ0) is 13.0. The van der Waals surface area contributed by atoms with Gasteiger partial charge in [-0.15, -0.1) is 0 Å². The first-order valence-corrected chi connectivity index (χ1v) is 7.33. The molecule has 0 amide bonds. The molecule has 0 bridgehead atoms. The summed E-state index contributed by atoms with van der Waals surface area (Å²) in [6.07, 6.45) is 1.82. The number of halogens is 2. The second-order valence-electron chi connectivity index (χ2n) is 4.09. The molecule has 1 N–H and O–H groups in total. The van der Waals surface area contributed by atoms with Crippen LogP contribution in [0.25, 0.3) is 0 Å². The summed E-state index contributed by atoms with van der Waals surface area (Å²) < 4.78 is 2.14. The van der Waals surface area contributed by atoms with Gasteiger partial charge in [-0.25, -0.2) is 0 Å². The fraction of sp³-hybridized carbons (Fsp3) is 0.214. The standard InChI is InChI=1S/C14H14Br2N2/c1-10(13-4-2-3-5-14(13)16)17-9-12-7-6-11(15)8-18-12/h2-8,10,17H,9H2,1H3/t10-/m1/s1. The van der Waals surface area contributed by atoms with E-state index in [1.165, 1.54) is 5.56 Å². The Balaban J connectivity index is 1.98. The van der Waals surface area contributed by atoms with Gasteiger partial charge in [0.05, 0.1) is 5.69 Å². The molecular formula is C14H14Br2N2. The van der Waals surface area contributed by atoms with E-state index in [4.69, 9.17) is 0 Å². The molecule has 2 aromatic rings. The van der Waals surface area contributed by atoms with Crippen LogP contribution in [0.15, 0.2) is 51.5 Å². The second kappa shape index (κ2) is 6.45. The number of nitrogens with one attached hydrogen (secondary N) is 1. The Labute approximate surface area is 124 Å². The molecule has 0 aliphatic rings. The van der Waals surface area contributed by atoms with E-state index in [0.29, 0.717) is 0 Å². The lowest BCUT2D eigenvalue weighted by atomic mass is 10.1. The van der Waals surface area contributed by atoms with Gasteiger partial charge in [-0.2, -0.15) is 0 Å². The lowest BCUT2D eigenvalue weighted by Gasteiger charge is -2.15. The molecular weight excluding hydrogens is 356 g/mol. The third-order valence-electron chi connectivity index (χ3n) is 2.75. The van der Waals surface area contributed by atoms with Crippen molar-refractivity contribution in [3.8, 4) is 0 Å². The van der Waals surface area contributed by atoms with Crippen LogP contribution in [0.1, 0.15) is 24.2 Å². The highest BCUT2D eigenvalue weighted by molar-refractivity contribution is 9.10. The van der Waals surface area contributed by atoms with Crippen molar-refractivity contribution in [1.29, 1.82) is 0 Å². The molecule has 0 unspecified atom stereocenters. The van der Waals surface area contributed by atoms with Crippen LogP contribution in [-0.2, 0) is 6.54 Å². The van der Waals surface area contributed by atoms with E-state index >= 15 is 0 Å². The maximum Gasteiger partial charge on any atom is 0.0542 e. The summed E-state index contributed by atoms with van der Waals surface area (Å²) in [5.74, 6) is 0. The van der Waals surface area contributed by atoms with Gasteiger partial charge in [-0.1, -0.05) is 34.1 Å². The summed E-state index contributed by atoms with van der Waals surface area (Å²) in [5, 5.41) is 3.47. The molecule has 4 heteroatoms. The first-order valence-electron chi connectivity index (χ1n) is 5.75. The van der Waals surface area contributed by atoms with Crippen LogP contribution in [-0.4, -0.2) is 4.98 Å². The first kappa shape index (κ1) is 13.7. The van der Waals surface area contributed by atoms with Gasteiger partial charge in [0.25, 0.3) is 0 Å². The van der Waals surface area contributed by atoms with Crippen molar-refractivity contribution in [3.63, 3.8) is 0 Å². The number of pyridine rings is 1. The lowest BCUT2D eigenvalue weighted by molar-refractivity contribution is 0.566. The summed E-state index contributed by atoms with van der Waals surface area (Å²) in [6.45, 7) is 2.91. The Bertz CT molecular complexity index is 511. The highest BCUT2D eigenvalue weighted by Gasteiger charge is 2.08. The van der Waals surface area contributed by atoms with E-state index in [0.717, 1.165) is 21.2 Å². The quantitative estimate of drug-likeness (QED) is 0.860. The number of benzene rings is 1. The third kappa shape index (κ3) is 3.64. The minimum absolute atomic E-state index is 0.283. The molecule has 2 rings (SSSR count). The number of hydrogen-bond acceptors (Lipinski definition) is 2. The summed E-state index contributed by atoms with van der Waals surface area (Å²) >= 11 is 6.95. The van der Waals surface area contributed by atoms with E-state index in [-0.39, 0.29) is 6.04 Å². The van der Waals surface area contributed by atoms with Crippen LogP contribution < -0.4 is 5.32 Å². The Morgan fingerprint density at radius 3 is 2.61 bits per heavy atom. The zero-order valence-corrected chi connectivity index (χ0v) is 13.2. The minimum Gasteiger partial charge on any atom is -0.305 e. The van der Waals surface area contributed by atoms with Crippen molar-refractivity contribution in [2.24, 2.45) is 0 Å². The smallest absolute Gasteiger partial charge is 0.0542 e. The van der Waals surface area contributed by atoms with Gasteiger partial charge < -0.3 is 5.32 Å². The molecule has 18 heavy (non-hydrogen) atoms. The minimum atomic E-state index is 0.283. The Kier molecular flexibility index (Phi) is 4.92. The van der Waals surface area contributed by atoms with Crippen LogP contribution in [0.3, 0.4) is 0 Å². The summed E-state index contributed by atoms with van der Waals surface area (Å²) in [6, 6.07) is 12.6. The van der Waals surface area contributed by atoms with Crippen LogP contribution in [0.4, 0.5) is 0 Å². The van der Waals surface area contributed by atoms with Gasteiger partial charge in [0.2, 0.25) is 0 Å². The van der Waals surface area contributed by atoms with Crippen molar-refractivity contribution in [2.75, 3.05) is 0 Å². The number of rotatable bonds is 4. The van der Waals surface area contributed by atoms with Gasteiger partial charge in [-0.05, 0) is 46.6 Å². The van der Waals surface area contributed by atoms with Crippen LogP contribution in [0.5, 0.6) is 0 Å².